The van der Waals surface area contributed by atoms with E-state index in [4.69, 9.17) is 4.74 Å². The van der Waals surface area contributed by atoms with Gasteiger partial charge in [0, 0.05) is 0 Å². The van der Waals surface area contributed by atoms with Gasteiger partial charge in [-0.15, -0.1) is 0 Å². The molecule has 120 valence electrons. The van der Waals surface area contributed by atoms with Gasteiger partial charge >= 0.3 is 17.9 Å². The second-order valence-corrected chi connectivity index (χ2v) is 6.28. The summed E-state index contributed by atoms with van der Waals surface area (Å²) in [5.41, 5.74) is 0.265. The molecule has 0 aliphatic heterocycles. The Morgan fingerprint density at radius 1 is 1.24 bits per heavy atom. The topological polar surface area (TPSA) is 78.9 Å². The monoisotopic (exact) mass is 300 g/mol. The van der Waals surface area contributed by atoms with Crippen molar-refractivity contribution < 1.29 is 28.6 Å². The van der Waals surface area contributed by atoms with Gasteiger partial charge in [0.1, 0.15) is 6.10 Å². The first-order valence-corrected chi connectivity index (χ1v) is 7.20. The van der Waals surface area contributed by atoms with Crippen molar-refractivity contribution in [1.29, 1.82) is 0 Å². The second kappa shape index (κ2) is 7.43. The minimum atomic E-state index is -1.19. The lowest BCUT2D eigenvalue weighted by Gasteiger charge is -2.37. The number of rotatable bonds is 4. The maximum absolute atomic E-state index is 11.6. The highest BCUT2D eigenvalue weighted by atomic mass is 16.6. The van der Waals surface area contributed by atoms with Crippen molar-refractivity contribution >= 4 is 17.9 Å². The van der Waals surface area contributed by atoms with E-state index in [1.54, 1.807) is 0 Å². The van der Waals surface area contributed by atoms with Crippen LogP contribution in [0.2, 0.25) is 0 Å². The van der Waals surface area contributed by atoms with Crippen LogP contribution in [0.3, 0.4) is 0 Å². The number of methoxy groups -OCH3 is 1. The summed E-state index contributed by atoms with van der Waals surface area (Å²) in [6.45, 7) is 5.71. The van der Waals surface area contributed by atoms with E-state index in [2.05, 4.69) is 23.3 Å². The number of carbonyl (C=O) groups is 3. The van der Waals surface area contributed by atoms with Gasteiger partial charge in [0.25, 0.3) is 0 Å². The maximum atomic E-state index is 11.6. The molecule has 1 saturated carbocycles. The zero-order valence-electron chi connectivity index (χ0n) is 13.1. The minimum absolute atomic E-state index is 0.228. The predicted molar refractivity (Wildman–Crippen MR) is 74.3 cm³/mol. The number of hydrogen-bond donors (Lipinski definition) is 0. The molecule has 21 heavy (non-hydrogen) atoms. The van der Waals surface area contributed by atoms with Crippen LogP contribution in [0.15, 0.2) is 0 Å². The Labute approximate surface area is 125 Å². The molecule has 6 heteroatoms. The zero-order valence-corrected chi connectivity index (χ0v) is 13.1. The molecule has 0 aromatic rings. The van der Waals surface area contributed by atoms with E-state index < -0.39 is 24.5 Å². The lowest BCUT2D eigenvalue weighted by atomic mass is 9.71. The van der Waals surface area contributed by atoms with Crippen molar-refractivity contribution in [2.45, 2.75) is 52.6 Å². The Morgan fingerprint density at radius 2 is 1.90 bits per heavy atom. The van der Waals surface area contributed by atoms with Crippen LogP contribution in [0.1, 0.15) is 46.5 Å². The molecule has 6 nitrogen and oxygen atoms in total. The summed E-state index contributed by atoms with van der Waals surface area (Å²) in [7, 11) is 1.06. The summed E-state index contributed by atoms with van der Waals surface area (Å²) in [5.74, 6) is -2.66. The molecule has 0 amide bonds. The Hall–Kier alpha value is -1.59. The zero-order chi connectivity index (χ0) is 16.0. The Bertz CT molecular complexity index is 401. The van der Waals surface area contributed by atoms with E-state index in [1.165, 1.54) is 6.42 Å². The minimum Gasteiger partial charge on any atom is -0.461 e. The van der Waals surface area contributed by atoms with Crippen LogP contribution in [0.25, 0.3) is 0 Å². The average molecular weight is 300 g/mol. The molecule has 0 spiro atoms. The van der Waals surface area contributed by atoms with Crippen molar-refractivity contribution in [3.63, 3.8) is 0 Å². The normalized spacial score (nSPS) is 22.0. The van der Waals surface area contributed by atoms with Crippen LogP contribution < -0.4 is 0 Å². The summed E-state index contributed by atoms with van der Waals surface area (Å²) in [6.07, 6.45) is 4.11. The number of esters is 3. The van der Waals surface area contributed by atoms with Gasteiger partial charge < -0.3 is 14.2 Å². The molecule has 1 rings (SSSR count). The Morgan fingerprint density at radius 3 is 2.48 bits per heavy atom. The largest absolute Gasteiger partial charge is 0.461 e. The van der Waals surface area contributed by atoms with Crippen LogP contribution in [0.4, 0.5) is 0 Å². The van der Waals surface area contributed by atoms with Crippen LogP contribution in [-0.4, -0.2) is 37.7 Å². The van der Waals surface area contributed by atoms with Gasteiger partial charge in [-0.3, -0.25) is 0 Å². The van der Waals surface area contributed by atoms with E-state index in [1.807, 2.05) is 6.92 Å². The Balaban J connectivity index is 2.37. The molecular formula is C15H24O6. The van der Waals surface area contributed by atoms with Crippen molar-refractivity contribution in [2.24, 2.45) is 11.3 Å². The highest BCUT2D eigenvalue weighted by Gasteiger charge is 2.32. The quantitative estimate of drug-likeness (QED) is 0.448. The molecule has 0 heterocycles. The van der Waals surface area contributed by atoms with Crippen molar-refractivity contribution in [2.75, 3.05) is 13.7 Å². The fourth-order valence-corrected chi connectivity index (χ4v) is 2.76. The molecule has 0 N–H and O–H groups in total. The van der Waals surface area contributed by atoms with Crippen LogP contribution in [0.5, 0.6) is 0 Å². The summed E-state index contributed by atoms with van der Waals surface area (Å²) in [4.78, 5) is 33.5. The highest BCUT2D eigenvalue weighted by molar-refractivity contribution is 6.29. The fourth-order valence-electron chi connectivity index (χ4n) is 2.76. The standard InChI is InChI=1S/C15H24O6/c1-10(11-6-5-7-15(2,3)8-11)21-12(16)9-20-14(18)13(17)19-4/h10-11H,5-9H2,1-4H3/t10-,11?/m1/s1. The third-order valence-electron chi connectivity index (χ3n) is 3.90. The summed E-state index contributed by atoms with van der Waals surface area (Å²) < 4.78 is 14.0. The van der Waals surface area contributed by atoms with Gasteiger partial charge in [0.2, 0.25) is 0 Å². The lowest BCUT2D eigenvalue weighted by molar-refractivity contribution is -0.172. The molecule has 0 radical (unpaired) electrons. The summed E-state index contributed by atoms with van der Waals surface area (Å²) in [5, 5.41) is 0. The van der Waals surface area contributed by atoms with E-state index in [0.717, 1.165) is 26.4 Å². The van der Waals surface area contributed by atoms with E-state index >= 15 is 0 Å². The third-order valence-corrected chi connectivity index (χ3v) is 3.90. The smallest absolute Gasteiger partial charge is 0.418 e. The van der Waals surface area contributed by atoms with Gasteiger partial charge in [0.15, 0.2) is 6.61 Å². The Kier molecular flexibility index (Phi) is 6.18. The molecular weight excluding hydrogens is 276 g/mol. The van der Waals surface area contributed by atoms with E-state index in [-0.39, 0.29) is 11.5 Å². The SMILES string of the molecule is COC(=O)C(=O)OCC(=O)O[C@H](C)C1CCCC(C)(C)C1. The number of hydrogen-bond acceptors (Lipinski definition) is 6. The van der Waals surface area contributed by atoms with Crippen LogP contribution in [0, 0.1) is 11.3 Å². The molecule has 1 fully saturated rings. The van der Waals surface area contributed by atoms with Crippen molar-refractivity contribution in [3.05, 3.63) is 0 Å². The first-order chi connectivity index (χ1) is 9.75. The maximum Gasteiger partial charge on any atom is 0.418 e. The van der Waals surface area contributed by atoms with Gasteiger partial charge in [-0.05, 0) is 37.5 Å². The molecule has 1 unspecified atom stereocenters. The molecule has 0 bridgehead atoms. The molecule has 0 saturated heterocycles. The first-order valence-electron chi connectivity index (χ1n) is 7.20. The molecule has 0 aromatic heterocycles. The van der Waals surface area contributed by atoms with Gasteiger partial charge in [-0.25, -0.2) is 14.4 Å². The van der Waals surface area contributed by atoms with Gasteiger partial charge in [-0.2, -0.15) is 0 Å². The fraction of sp³-hybridized carbons (Fsp3) is 0.800. The van der Waals surface area contributed by atoms with Crippen LogP contribution in [-0.2, 0) is 28.6 Å². The van der Waals surface area contributed by atoms with Crippen LogP contribution >= 0.6 is 0 Å². The number of ether oxygens (including phenoxy) is 3. The molecule has 0 aromatic carbocycles. The highest BCUT2D eigenvalue weighted by Crippen LogP contribution is 2.40. The average Bonchev–Trinajstić information content (AvgIpc) is 2.42. The van der Waals surface area contributed by atoms with Gasteiger partial charge in [0.05, 0.1) is 7.11 Å². The second-order valence-electron chi connectivity index (χ2n) is 6.28. The van der Waals surface area contributed by atoms with Crippen molar-refractivity contribution in [3.8, 4) is 0 Å². The molecule has 1 aliphatic carbocycles. The van der Waals surface area contributed by atoms with E-state index in [9.17, 15) is 14.4 Å². The third kappa shape index (κ3) is 5.73. The first kappa shape index (κ1) is 17.5. The lowest BCUT2D eigenvalue weighted by Crippen LogP contribution is -2.33. The van der Waals surface area contributed by atoms with Crippen molar-refractivity contribution in [1.82, 2.24) is 0 Å². The number of carbonyl (C=O) groups excluding carboxylic acids is 3. The summed E-state index contributed by atoms with van der Waals surface area (Å²) >= 11 is 0. The van der Waals surface area contributed by atoms with Gasteiger partial charge in [-0.1, -0.05) is 20.3 Å². The molecule has 1 aliphatic rings. The predicted octanol–water partition coefficient (Wildman–Crippen LogP) is 1.85. The molecule has 2 atom stereocenters. The van der Waals surface area contributed by atoms with E-state index in [0.29, 0.717) is 5.92 Å². The summed E-state index contributed by atoms with van der Waals surface area (Å²) in [6, 6.07) is 0.